The van der Waals surface area contributed by atoms with Gasteiger partial charge in [-0.25, -0.2) is 13.4 Å². The van der Waals surface area contributed by atoms with E-state index in [1.165, 1.54) is 0 Å². The molecule has 2 aromatic heterocycles. The van der Waals surface area contributed by atoms with Crippen molar-refractivity contribution in [1.29, 1.82) is 0 Å². The zero-order valence-electron chi connectivity index (χ0n) is 20.2. The minimum absolute atomic E-state index is 0. The molecular formula is C25H29N5O4S. The molecule has 0 saturated heterocycles. The molecule has 2 heterocycles. The van der Waals surface area contributed by atoms with Gasteiger partial charge in [0.05, 0.1) is 40.4 Å². The average Bonchev–Trinajstić information content (AvgIpc) is 3.34. The van der Waals surface area contributed by atoms with Crippen molar-refractivity contribution in [2.75, 3.05) is 14.2 Å². The Morgan fingerprint density at radius 1 is 1.09 bits per heavy atom. The Bertz CT molecular complexity index is 1450. The first-order chi connectivity index (χ1) is 16.7. The first-order valence-electron chi connectivity index (χ1n) is 11.1. The smallest absolute Gasteiger partial charge is 0.268 e. The lowest BCUT2D eigenvalue weighted by Gasteiger charge is -2.09. The predicted octanol–water partition coefficient (Wildman–Crippen LogP) is 4.33. The zero-order valence-corrected chi connectivity index (χ0v) is 21.0. The van der Waals surface area contributed by atoms with Gasteiger partial charge < -0.3 is 14.5 Å². The van der Waals surface area contributed by atoms with Crippen LogP contribution in [0.1, 0.15) is 26.5 Å². The van der Waals surface area contributed by atoms with Crippen molar-refractivity contribution in [1.82, 2.24) is 25.5 Å². The molecule has 35 heavy (non-hydrogen) atoms. The predicted molar refractivity (Wildman–Crippen MR) is 135 cm³/mol. The summed E-state index contributed by atoms with van der Waals surface area (Å²) < 4.78 is 36.3. The highest BCUT2D eigenvalue weighted by atomic mass is 32.2. The molecule has 4 rings (SSSR count). The minimum Gasteiger partial charge on any atom is -0.496 e. The van der Waals surface area contributed by atoms with Gasteiger partial charge in [0, 0.05) is 13.5 Å². The minimum atomic E-state index is -3.35. The van der Waals surface area contributed by atoms with Crippen LogP contribution in [0.2, 0.25) is 0 Å². The van der Waals surface area contributed by atoms with Crippen molar-refractivity contribution in [3.8, 4) is 40.0 Å². The van der Waals surface area contributed by atoms with Crippen molar-refractivity contribution < 1.29 is 19.0 Å². The van der Waals surface area contributed by atoms with Gasteiger partial charge in [-0.2, -0.15) is 0 Å². The summed E-state index contributed by atoms with van der Waals surface area (Å²) in [7, 11) is 0.120. The lowest BCUT2D eigenvalue weighted by Crippen LogP contribution is -2.13. The summed E-state index contributed by atoms with van der Waals surface area (Å²) in [5.74, 6) is 1.16. The molecule has 0 radical (unpaired) electrons. The first kappa shape index (κ1) is 24.5. The average molecular weight is 496 g/mol. The summed E-state index contributed by atoms with van der Waals surface area (Å²) in [6.07, 6.45) is 1.63. The molecule has 184 valence electrons. The van der Waals surface area contributed by atoms with E-state index in [4.69, 9.17) is 9.15 Å². The number of rotatable bonds is 8. The maximum Gasteiger partial charge on any atom is 0.268 e. The number of hydrogen-bond acceptors (Lipinski definition) is 9. The lowest BCUT2D eigenvalue weighted by molar-refractivity contribution is 0.413. The molecule has 1 N–H and O–H groups in total. The summed E-state index contributed by atoms with van der Waals surface area (Å²) in [6.45, 7) is 5.83. The van der Waals surface area contributed by atoms with Gasteiger partial charge in [0.25, 0.3) is 11.8 Å². The third-order valence-electron chi connectivity index (χ3n) is 5.56. The second-order valence-corrected chi connectivity index (χ2v) is 10.8. The third kappa shape index (κ3) is 4.94. The van der Waals surface area contributed by atoms with Gasteiger partial charge in [-0.3, -0.25) is 4.98 Å². The monoisotopic (exact) mass is 495 g/mol. The van der Waals surface area contributed by atoms with E-state index in [1.807, 2.05) is 25.2 Å². The van der Waals surface area contributed by atoms with Crippen LogP contribution in [0.5, 0.6) is 5.75 Å². The number of hydrogen-bond donors (Lipinski definition) is 1. The fourth-order valence-electron chi connectivity index (χ4n) is 3.53. The molecule has 0 saturated carbocycles. The van der Waals surface area contributed by atoms with E-state index < -0.39 is 15.1 Å². The Morgan fingerprint density at radius 3 is 2.46 bits per heavy atom. The van der Waals surface area contributed by atoms with Crippen LogP contribution in [0.15, 0.2) is 58.0 Å². The van der Waals surface area contributed by atoms with Crippen LogP contribution in [0.25, 0.3) is 34.3 Å². The molecule has 0 atom stereocenters. The van der Waals surface area contributed by atoms with Crippen molar-refractivity contribution in [2.24, 2.45) is 0 Å². The Labute approximate surface area is 206 Å². The largest absolute Gasteiger partial charge is 0.496 e. The van der Waals surface area contributed by atoms with Crippen molar-refractivity contribution in [3.05, 3.63) is 59.9 Å². The number of benzene rings is 2. The molecule has 0 aliphatic rings. The molecule has 0 unspecified atom stereocenters. The van der Waals surface area contributed by atoms with Gasteiger partial charge in [-0.1, -0.05) is 18.2 Å². The van der Waals surface area contributed by atoms with Crippen LogP contribution >= 0.6 is 0 Å². The second-order valence-electron chi connectivity index (χ2n) is 8.28. The lowest BCUT2D eigenvalue weighted by atomic mass is 10.1. The number of nitrogens with zero attached hydrogens (tertiary/aromatic N) is 4. The third-order valence-corrected chi connectivity index (χ3v) is 7.73. The zero-order chi connectivity index (χ0) is 25.2. The van der Waals surface area contributed by atoms with E-state index in [0.29, 0.717) is 40.8 Å². The molecule has 2 aromatic carbocycles. The second kappa shape index (κ2) is 9.93. The summed E-state index contributed by atoms with van der Waals surface area (Å²) in [5.41, 5.74) is 4.10. The van der Waals surface area contributed by atoms with Gasteiger partial charge in [0.1, 0.15) is 11.4 Å². The molecular weight excluding hydrogens is 466 g/mol. The fourth-order valence-corrected chi connectivity index (χ4v) is 4.59. The molecule has 0 spiro atoms. The van der Waals surface area contributed by atoms with Gasteiger partial charge in [0.2, 0.25) is 0 Å². The molecule has 0 amide bonds. The molecule has 0 aliphatic heterocycles. The number of methoxy groups -OCH3 is 1. The number of aromatic nitrogens is 4. The Hall–Kier alpha value is -3.63. The molecule has 0 aliphatic carbocycles. The SMILES string of the molecule is CNCc1ccc(-c2nnc(-c3nc(-c4ccc(S(=O)(=O)C(C)C)cc4)cnc3C)o2)c(OC)c1.[HH]. The van der Waals surface area contributed by atoms with E-state index in [9.17, 15) is 8.42 Å². The first-order valence-corrected chi connectivity index (χ1v) is 12.6. The summed E-state index contributed by atoms with van der Waals surface area (Å²) in [6, 6.07) is 12.4. The van der Waals surface area contributed by atoms with Crippen molar-refractivity contribution >= 4 is 9.84 Å². The summed E-state index contributed by atoms with van der Waals surface area (Å²) in [4.78, 5) is 9.39. The number of sulfone groups is 1. The highest BCUT2D eigenvalue weighted by Gasteiger charge is 2.21. The normalized spacial score (nSPS) is 11.7. The van der Waals surface area contributed by atoms with E-state index in [0.717, 1.165) is 11.1 Å². The van der Waals surface area contributed by atoms with Crippen LogP contribution in [0.3, 0.4) is 0 Å². The van der Waals surface area contributed by atoms with E-state index in [1.54, 1.807) is 58.3 Å². The Morgan fingerprint density at radius 2 is 1.80 bits per heavy atom. The van der Waals surface area contributed by atoms with Crippen LogP contribution < -0.4 is 10.1 Å². The van der Waals surface area contributed by atoms with Gasteiger partial charge in [-0.05, 0) is 57.6 Å². The Kier molecular flexibility index (Phi) is 6.95. The molecule has 0 bridgehead atoms. The molecule has 0 fully saturated rings. The maximum atomic E-state index is 12.4. The van der Waals surface area contributed by atoms with Crippen LogP contribution in [-0.2, 0) is 16.4 Å². The fraction of sp³-hybridized carbons (Fsp3) is 0.280. The van der Waals surface area contributed by atoms with Gasteiger partial charge in [-0.15, -0.1) is 10.2 Å². The highest BCUT2D eigenvalue weighted by Crippen LogP contribution is 2.32. The van der Waals surface area contributed by atoms with Gasteiger partial charge >= 0.3 is 0 Å². The molecule has 4 aromatic rings. The number of ether oxygens (including phenoxy) is 1. The maximum absolute atomic E-state index is 12.4. The number of nitrogens with one attached hydrogen (secondary N) is 1. The molecule has 9 nitrogen and oxygen atoms in total. The topological polar surface area (TPSA) is 120 Å². The highest BCUT2D eigenvalue weighted by molar-refractivity contribution is 7.92. The summed E-state index contributed by atoms with van der Waals surface area (Å²) in [5, 5.41) is 11.0. The standard InChI is InChI=1S/C25H27N5O4S.H2/c1-15(2)35(31,32)19-9-7-18(8-10-19)21-14-27-16(3)23(28-21)25-30-29-24(34-25)20-11-6-17(13-26-4)12-22(20)33-5;/h6-12,14-15,26H,13H2,1-5H3;1H. The van der Waals surface area contributed by atoms with Crippen LogP contribution in [-0.4, -0.2) is 48.0 Å². The van der Waals surface area contributed by atoms with Crippen LogP contribution in [0.4, 0.5) is 0 Å². The van der Waals surface area contributed by atoms with Gasteiger partial charge in [0.15, 0.2) is 9.84 Å². The van der Waals surface area contributed by atoms with E-state index in [-0.39, 0.29) is 12.2 Å². The summed E-state index contributed by atoms with van der Waals surface area (Å²) >= 11 is 0. The number of aryl methyl sites for hydroxylation is 1. The Balaban J connectivity index is 0.00000361. The quantitative estimate of drug-likeness (QED) is 0.381. The van der Waals surface area contributed by atoms with E-state index in [2.05, 4.69) is 25.5 Å². The van der Waals surface area contributed by atoms with Crippen molar-refractivity contribution in [3.63, 3.8) is 0 Å². The van der Waals surface area contributed by atoms with E-state index >= 15 is 0 Å². The van der Waals surface area contributed by atoms with Crippen LogP contribution in [0, 0.1) is 6.92 Å². The van der Waals surface area contributed by atoms with Crippen molar-refractivity contribution in [2.45, 2.75) is 37.5 Å². The molecule has 10 heteroatoms.